The molecule has 0 aromatic rings. The largest absolute Gasteiger partial charge is 0.516 e. The maximum Gasteiger partial charge on any atom is 0.0791 e. The van der Waals surface area contributed by atoms with Gasteiger partial charge in [0.2, 0.25) is 0 Å². The van der Waals surface area contributed by atoms with Crippen LogP contribution in [0.3, 0.4) is 0 Å². The van der Waals surface area contributed by atoms with Crippen LogP contribution in [0.4, 0.5) is 0 Å². The van der Waals surface area contributed by atoms with Crippen molar-refractivity contribution in [2.45, 2.75) is 13.8 Å². The maximum atomic E-state index is 8.09. The Hall–Kier alpha value is -0.720. The number of hydrogen-bond donors (Lipinski definition) is 1. The van der Waals surface area contributed by atoms with Gasteiger partial charge in [0, 0.05) is 0 Å². The molecule has 1 heteroatoms. The summed E-state index contributed by atoms with van der Waals surface area (Å²) in [5.41, 5.74) is 1.19. The zero-order valence-corrected chi connectivity index (χ0v) is 4.68. The molecule has 0 fully saturated rings. The van der Waals surface area contributed by atoms with Crippen LogP contribution in [0, 0.1) is 0 Å². The summed E-state index contributed by atoms with van der Waals surface area (Å²) >= 11 is 0. The van der Waals surface area contributed by atoms with Crippen molar-refractivity contribution in [2.75, 3.05) is 0 Å². The normalized spacial score (nSPS) is 9.43. The van der Waals surface area contributed by atoms with E-state index in [9.17, 15) is 0 Å². The Morgan fingerprint density at radius 3 is 2.14 bits per heavy atom. The first-order valence-corrected chi connectivity index (χ1v) is 2.21. The molecule has 0 atom stereocenters. The van der Waals surface area contributed by atoms with Gasteiger partial charge >= 0.3 is 0 Å². The summed E-state index contributed by atoms with van der Waals surface area (Å²) in [6.45, 7) is 3.94. The second kappa shape index (κ2) is 3.47. The molecule has 0 aromatic heterocycles. The Bertz CT molecular complexity index is 86.4. The minimum atomic E-state index is 1.02. The van der Waals surface area contributed by atoms with Crippen LogP contribution in [0.1, 0.15) is 13.8 Å². The second-order valence-electron chi connectivity index (χ2n) is 1.59. The van der Waals surface area contributed by atoms with Crippen LogP contribution in [0.15, 0.2) is 24.0 Å². The molecule has 0 aliphatic heterocycles. The highest BCUT2D eigenvalue weighted by Gasteiger charge is 1.66. The molecule has 0 aromatic carbocycles. The molecular weight excluding hydrogens is 88.1 g/mol. The Morgan fingerprint density at radius 1 is 1.43 bits per heavy atom. The van der Waals surface area contributed by atoms with Crippen molar-refractivity contribution in [3.8, 4) is 0 Å². The molecule has 40 valence electrons. The number of aliphatic hydroxyl groups is 1. The van der Waals surface area contributed by atoms with Gasteiger partial charge in [-0.2, -0.15) is 0 Å². The fourth-order valence-corrected chi connectivity index (χ4v) is 0.235. The molecule has 0 amide bonds. The minimum absolute atomic E-state index is 1.02. The molecule has 0 bridgehead atoms. The van der Waals surface area contributed by atoms with Crippen LogP contribution in [-0.4, -0.2) is 5.11 Å². The van der Waals surface area contributed by atoms with E-state index in [4.69, 9.17) is 5.11 Å². The van der Waals surface area contributed by atoms with Crippen molar-refractivity contribution >= 4 is 0 Å². The van der Waals surface area contributed by atoms with Crippen LogP contribution in [0.5, 0.6) is 0 Å². The Balaban J connectivity index is 3.46. The molecule has 1 N–H and O–H groups in total. The number of allylic oxidation sites excluding steroid dienone is 3. The Kier molecular flexibility index (Phi) is 3.11. The van der Waals surface area contributed by atoms with Gasteiger partial charge in [0.15, 0.2) is 0 Å². The van der Waals surface area contributed by atoms with Crippen molar-refractivity contribution in [2.24, 2.45) is 0 Å². The van der Waals surface area contributed by atoms with E-state index in [0.717, 1.165) is 6.26 Å². The van der Waals surface area contributed by atoms with Gasteiger partial charge in [-0.3, -0.25) is 0 Å². The SMILES string of the molecule is CC(C)=C/C=C/O. The number of rotatable bonds is 1. The van der Waals surface area contributed by atoms with Gasteiger partial charge < -0.3 is 5.11 Å². The standard InChI is InChI=1S/C6H10O/c1-6(2)4-3-5-7/h3-5,7H,1-2H3/b5-3+. The van der Waals surface area contributed by atoms with Crippen LogP contribution in [-0.2, 0) is 0 Å². The quantitative estimate of drug-likeness (QED) is 0.393. The topological polar surface area (TPSA) is 20.2 Å². The van der Waals surface area contributed by atoms with E-state index in [1.165, 1.54) is 5.57 Å². The summed E-state index contributed by atoms with van der Waals surface area (Å²) in [6, 6.07) is 0. The summed E-state index contributed by atoms with van der Waals surface area (Å²) in [4.78, 5) is 0. The van der Waals surface area contributed by atoms with Crippen molar-refractivity contribution in [3.63, 3.8) is 0 Å². The van der Waals surface area contributed by atoms with Crippen LogP contribution >= 0.6 is 0 Å². The third-order valence-corrected chi connectivity index (χ3v) is 0.516. The smallest absolute Gasteiger partial charge is 0.0791 e. The lowest BCUT2D eigenvalue weighted by Gasteiger charge is -1.77. The Morgan fingerprint density at radius 2 is 2.00 bits per heavy atom. The third-order valence-electron chi connectivity index (χ3n) is 0.516. The summed E-state index contributed by atoms with van der Waals surface area (Å²) in [7, 11) is 0. The third kappa shape index (κ3) is 5.28. The zero-order chi connectivity index (χ0) is 5.70. The summed E-state index contributed by atoms with van der Waals surface area (Å²) in [6.07, 6.45) is 4.45. The predicted molar refractivity (Wildman–Crippen MR) is 31.2 cm³/mol. The average Bonchev–Trinajstić information content (AvgIpc) is 1.61. The average molecular weight is 98.1 g/mol. The van der Waals surface area contributed by atoms with E-state index in [-0.39, 0.29) is 0 Å². The maximum absolute atomic E-state index is 8.09. The fraction of sp³-hybridized carbons (Fsp3) is 0.333. The van der Waals surface area contributed by atoms with Gasteiger partial charge in [0.25, 0.3) is 0 Å². The molecular formula is C6H10O. The van der Waals surface area contributed by atoms with Gasteiger partial charge in [-0.1, -0.05) is 11.6 Å². The van der Waals surface area contributed by atoms with Gasteiger partial charge in [0.1, 0.15) is 0 Å². The van der Waals surface area contributed by atoms with Crippen molar-refractivity contribution in [1.29, 1.82) is 0 Å². The summed E-state index contributed by atoms with van der Waals surface area (Å²) in [5.74, 6) is 0. The molecule has 7 heavy (non-hydrogen) atoms. The van der Waals surface area contributed by atoms with E-state index >= 15 is 0 Å². The van der Waals surface area contributed by atoms with E-state index in [1.807, 2.05) is 19.9 Å². The molecule has 0 rings (SSSR count). The van der Waals surface area contributed by atoms with E-state index in [1.54, 1.807) is 6.08 Å². The van der Waals surface area contributed by atoms with Crippen LogP contribution in [0.25, 0.3) is 0 Å². The highest BCUT2D eigenvalue weighted by molar-refractivity contribution is 5.05. The minimum Gasteiger partial charge on any atom is -0.516 e. The second-order valence-corrected chi connectivity index (χ2v) is 1.59. The lowest BCUT2D eigenvalue weighted by Crippen LogP contribution is -1.57. The fourth-order valence-electron chi connectivity index (χ4n) is 0.235. The lowest BCUT2D eigenvalue weighted by atomic mass is 10.3. The highest BCUT2D eigenvalue weighted by Crippen LogP contribution is 1.86. The zero-order valence-electron chi connectivity index (χ0n) is 4.68. The molecule has 0 aliphatic carbocycles. The van der Waals surface area contributed by atoms with Gasteiger partial charge in [0.05, 0.1) is 6.26 Å². The van der Waals surface area contributed by atoms with Crippen molar-refractivity contribution in [1.82, 2.24) is 0 Å². The van der Waals surface area contributed by atoms with E-state index < -0.39 is 0 Å². The molecule has 0 saturated heterocycles. The molecule has 0 radical (unpaired) electrons. The summed E-state index contributed by atoms with van der Waals surface area (Å²) in [5, 5.41) is 8.09. The van der Waals surface area contributed by atoms with Crippen LogP contribution < -0.4 is 0 Å². The monoisotopic (exact) mass is 98.1 g/mol. The molecule has 0 spiro atoms. The predicted octanol–water partition coefficient (Wildman–Crippen LogP) is 2.02. The lowest BCUT2D eigenvalue weighted by molar-refractivity contribution is 0.473. The van der Waals surface area contributed by atoms with Gasteiger partial charge in [-0.15, -0.1) is 0 Å². The van der Waals surface area contributed by atoms with Crippen LogP contribution in [0.2, 0.25) is 0 Å². The van der Waals surface area contributed by atoms with Crippen molar-refractivity contribution < 1.29 is 5.11 Å². The molecule has 0 aliphatic rings. The first-order chi connectivity index (χ1) is 3.27. The first-order valence-electron chi connectivity index (χ1n) is 2.21. The summed E-state index contributed by atoms with van der Waals surface area (Å²) < 4.78 is 0. The molecule has 1 nitrogen and oxygen atoms in total. The molecule has 0 saturated carbocycles. The van der Waals surface area contributed by atoms with E-state index in [0.29, 0.717) is 0 Å². The number of aliphatic hydroxyl groups excluding tert-OH is 1. The Labute approximate surface area is 44.0 Å². The van der Waals surface area contributed by atoms with Gasteiger partial charge in [-0.05, 0) is 19.9 Å². The van der Waals surface area contributed by atoms with E-state index in [2.05, 4.69) is 0 Å². The number of hydrogen-bond acceptors (Lipinski definition) is 1. The van der Waals surface area contributed by atoms with Crippen molar-refractivity contribution in [3.05, 3.63) is 24.0 Å². The highest BCUT2D eigenvalue weighted by atomic mass is 16.2. The van der Waals surface area contributed by atoms with Gasteiger partial charge in [-0.25, -0.2) is 0 Å². The molecule has 0 unspecified atom stereocenters. The first kappa shape index (κ1) is 6.28. The molecule has 0 heterocycles.